The van der Waals surface area contributed by atoms with Crippen LogP contribution in [0.4, 0.5) is 4.79 Å². The number of carboxylic acids is 1. The highest BCUT2D eigenvalue weighted by atomic mass is 16.4. The maximum atomic E-state index is 11.9. The minimum Gasteiger partial charge on any atom is -0.481 e. The van der Waals surface area contributed by atoms with Crippen molar-refractivity contribution < 1.29 is 14.7 Å². The molecule has 1 fully saturated rings. The molecule has 3 N–H and O–H groups in total. The standard InChI is InChI=1S/C15H24N2O3/c1-2-10-4-3-5-12(8-10)16-15(20)17-13-7-6-11(9-13)14(18)19/h6-7,10-13H,2-5,8-9H2,1H3,(H,18,19)(H2,16,17,20). The van der Waals surface area contributed by atoms with Crippen LogP contribution in [0.1, 0.15) is 45.4 Å². The fourth-order valence-electron chi connectivity index (χ4n) is 3.18. The first-order valence-electron chi connectivity index (χ1n) is 7.56. The number of amides is 2. The number of hydrogen-bond donors (Lipinski definition) is 3. The van der Waals surface area contributed by atoms with Crippen LogP contribution in [0.3, 0.4) is 0 Å². The summed E-state index contributed by atoms with van der Waals surface area (Å²) in [6, 6.07) is -0.0801. The number of urea groups is 1. The van der Waals surface area contributed by atoms with Crippen LogP contribution < -0.4 is 10.6 Å². The number of rotatable bonds is 4. The Morgan fingerprint density at radius 3 is 2.65 bits per heavy atom. The van der Waals surface area contributed by atoms with Gasteiger partial charge in [-0.2, -0.15) is 0 Å². The molecule has 0 saturated heterocycles. The third-order valence-corrected chi connectivity index (χ3v) is 4.41. The lowest BCUT2D eigenvalue weighted by Gasteiger charge is -2.29. The van der Waals surface area contributed by atoms with Crippen LogP contribution in [0.25, 0.3) is 0 Å². The molecule has 4 unspecified atom stereocenters. The van der Waals surface area contributed by atoms with Gasteiger partial charge in [-0.3, -0.25) is 4.79 Å². The maximum Gasteiger partial charge on any atom is 0.315 e. The van der Waals surface area contributed by atoms with Crippen molar-refractivity contribution in [2.45, 2.75) is 57.5 Å². The molecule has 1 saturated carbocycles. The molecular weight excluding hydrogens is 256 g/mol. The molecule has 0 aromatic heterocycles. The molecule has 0 aromatic carbocycles. The van der Waals surface area contributed by atoms with E-state index in [1.54, 1.807) is 12.2 Å². The molecule has 0 heterocycles. The summed E-state index contributed by atoms with van der Waals surface area (Å²) < 4.78 is 0. The van der Waals surface area contributed by atoms with Crippen molar-refractivity contribution >= 4 is 12.0 Å². The van der Waals surface area contributed by atoms with Crippen molar-refractivity contribution in [2.24, 2.45) is 11.8 Å². The van der Waals surface area contributed by atoms with Crippen LogP contribution in [-0.4, -0.2) is 29.2 Å². The van der Waals surface area contributed by atoms with Gasteiger partial charge in [0.2, 0.25) is 0 Å². The maximum absolute atomic E-state index is 11.9. The van der Waals surface area contributed by atoms with Crippen molar-refractivity contribution in [3.8, 4) is 0 Å². The first-order chi connectivity index (χ1) is 9.58. The van der Waals surface area contributed by atoms with E-state index in [-0.39, 0.29) is 18.1 Å². The summed E-state index contributed by atoms with van der Waals surface area (Å²) in [6.07, 6.45) is 9.59. The van der Waals surface area contributed by atoms with Gasteiger partial charge in [-0.05, 0) is 25.2 Å². The number of carbonyl (C=O) groups excluding carboxylic acids is 1. The summed E-state index contributed by atoms with van der Waals surface area (Å²) >= 11 is 0. The molecule has 112 valence electrons. The Morgan fingerprint density at radius 1 is 1.20 bits per heavy atom. The molecule has 2 aliphatic rings. The van der Waals surface area contributed by atoms with E-state index in [2.05, 4.69) is 17.6 Å². The molecule has 0 radical (unpaired) electrons. The molecule has 20 heavy (non-hydrogen) atoms. The van der Waals surface area contributed by atoms with Gasteiger partial charge < -0.3 is 15.7 Å². The molecule has 0 aliphatic heterocycles. The average Bonchev–Trinajstić information content (AvgIpc) is 2.87. The second-order valence-electron chi connectivity index (χ2n) is 5.93. The predicted molar refractivity (Wildman–Crippen MR) is 76.4 cm³/mol. The number of nitrogens with one attached hydrogen (secondary N) is 2. The Hall–Kier alpha value is -1.52. The topological polar surface area (TPSA) is 78.4 Å². The van der Waals surface area contributed by atoms with Gasteiger partial charge in [0.05, 0.1) is 12.0 Å². The smallest absolute Gasteiger partial charge is 0.315 e. The molecule has 2 aliphatic carbocycles. The van der Waals surface area contributed by atoms with Crippen LogP contribution in [0, 0.1) is 11.8 Å². The van der Waals surface area contributed by atoms with Crippen LogP contribution in [0.15, 0.2) is 12.2 Å². The van der Waals surface area contributed by atoms with Crippen molar-refractivity contribution in [2.75, 3.05) is 0 Å². The van der Waals surface area contributed by atoms with Crippen molar-refractivity contribution in [1.82, 2.24) is 10.6 Å². The molecule has 2 rings (SSSR count). The van der Waals surface area contributed by atoms with Gasteiger partial charge in [-0.25, -0.2) is 4.79 Å². The van der Waals surface area contributed by atoms with Crippen molar-refractivity contribution in [3.05, 3.63) is 12.2 Å². The molecular formula is C15H24N2O3. The molecule has 0 bridgehead atoms. The van der Waals surface area contributed by atoms with Crippen LogP contribution >= 0.6 is 0 Å². The van der Waals surface area contributed by atoms with E-state index >= 15 is 0 Å². The summed E-state index contributed by atoms with van der Waals surface area (Å²) in [5.74, 6) is -0.583. The molecule has 4 atom stereocenters. The van der Waals surface area contributed by atoms with Crippen LogP contribution in [0.2, 0.25) is 0 Å². The van der Waals surface area contributed by atoms with Gasteiger partial charge >= 0.3 is 12.0 Å². The highest BCUT2D eigenvalue weighted by molar-refractivity contribution is 5.76. The summed E-state index contributed by atoms with van der Waals surface area (Å²) in [6.45, 7) is 2.20. The third-order valence-electron chi connectivity index (χ3n) is 4.41. The predicted octanol–water partition coefficient (Wildman–Crippen LogP) is 2.28. The Labute approximate surface area is 119 Å². The second kappa shape index (κ2) is 6.77. The quantitative estimate of drug-likeness (QED) is 0.691. The Bertz CT molecular complexity index is 395. The van der Waals surface area contributed by atoms with Crippen molar-refractivity contribution in [3.63, 3.8) is 0 Å². The number of carboxylic acid groups (broad SMARTS) is 1. The van der Waals surface area contributed by atoms with E-state index in [1.807, 2.05) is 0 Å². The van der Waals surface area contributed by atoms with E-state index in [0.29, 0.717) is 6.42 Å². The minimum atomic E-state index is -0.830. The molecule has 0 spiro atoms. The van der Waals surface area contributed by atoms with E-state index in [0.717, 1.165) is 18.8 Å². The van der Waals surface area contributed by atoms with Gasteiger partial charge in [-0.15, -0.1) is 0 Å². The van der Waals surface area contributed by atoms with Gasteiger partial charge in [0, 0.05) is 6.04 Å². The largest absolute Gasteiger partial charge is 0.481 e. The first-order valence-corrected chi connectivity index (χ1v) is 7.56. The first kappa shape index (κ1) is 14.9. The second-order valence-corrected chi connectivity index (χ2v) is 5.93. The van der Waals surface area contributed by atoms with Gasteiger partial charge in [-0.1, -0.05) is 38.3 Å². The summed E-state index contributed by atoms with van der Waals surface area (Å²) in [5.41, 5.74) is 0. The monoisotopic (exact) mass is 280 g/mol. The van der Waals surface area contributed by atoms with Crippen LogP contribution in [-0.2, 0) is 4.79 Å². The fraction of sp³-hybridized carbons (Fsp3) is 0.733. The van der Waals surface area contributed by atoms with E-state index in [9.17, 15) is 9.59 Å². The summed E-state index contributed by atoms with van der Waals surface area (Å²) in [7, 11) is 0. The van der Waals surface area contributed by atoms with Gasteiger partial charge in [0.25, 0.3) is 0 Å². The highest BCUT2D eigenvalue weighted by Gasteiger charge is 2.27. The zero-order chi connectivity index (χ0) is 14.5. The van der Waals surface area contributed by atoms with Gasteiger partial charge in [0.1, 0.15) is 0 Å². The van der Waals surface area contributed by atoms with E-state index in [4.69, 9.17) is 5.11 Å². The average molecular weight is 280 g/mol. The van der Waals surface area contributed by atoms with E-state index < -0.39 is 11.9 Å². The van der Waals surface area contributed by atoms with E-state index in [1.165, 1.54) is 19.3 Å². The van der Waals surface area contributed by atoms with Crippen LogP contribution in [0.5, 0.6) is 0 Å². The Kier molecular flexibility index (Phi) is 5.04. The lowest BCUT2D eigenvalue weighted by molar-refractivity contribution is -0.140. The van der Waals surface area contributed by atoms with Gasteiger partial charge in [0.15, 0.2) is 0 Å². The SMILES string of the molecule is CCC1CCCC(NC(=O)NC2C=CC(C(=O)O)C2)C1. The summed E-state index contributed by atoms with van der Waals surface area (Å²) in [4.78, 5) is 22.8. The molecule has 5 heteroatoms. The fourth-order valence-corrected chi connectivity index (χ4v) is 3.18. The Balaban J connectivity index is 1.73. The molecule has 2 amide bonds. The number of hydrogen-bond acceptors (Lipinski definition) is 2. The highest BCUT2D eigenvalue weighted by Crippen LogP contribution is 2.26. The lowest BCUT2D eigenvalue weighted by Crippen LogP contribution is -2.47. The van der Waals surface area contributed by atoms with Crippen molar-refractivity contribution in [1.29, 1.82) is 0 Å². The number of aliphatic carboxylic acids is 1. The zero-order valence-electron chi connectivity index (χ0n) is 12.0. The Morgan fingerprint density at radius 2 is 2.00 bits per heavy atom. The lowest BCUT2D eigenvalue weighted by atomic mass is 9.84. The summed E-state index contributed by atoms with van der Waals surface area (Å²) in [5, 5.41) is 14.8. The molecule has 0 aromatic rings. The zero-order valence-corrected chi connectivity index (χ0v) is 12.0. The minimum absolute atomic E-state index is 0.165. The normalized spacial score (nSPS) is 32.9. The third kappa shape index (κ3) is 3.99. The number of carbonyl (C=O) groups is 2. The molecule has 5 nitrogen and oxygen atoms in total.